The first-order valence-corrected chi connectivity index (χ1v) is 17.8. The van der Waals surface area contributed by atoms with Crippen LogP contribution in [0.3, 0.4) is 0 Å². The first kappa shape index (κ1) is 38.9. The van der Waals surface area contributed by atoms with Gasteiger partial charge in [0.1, 0.15) is 11.1 Å². The Labute approximate surface area is 309 Å². The smallest absolute Gasteiger partial charge is 0.423 e. The van der Waals surface area contributed by atoms with Gasteiger partial charge in [0.25, 0.3) is 0 Å². The molecule has 2 saturated carbocycles. The Morgan fingerprint density at radius 1 is 0.583 bits per heavy atom. The molecule has 2 aromatic rings. The molecule has 0 N–H and O–H groups in total. The molecule has 0 radical (unpaired) electrons. The molecule has 8 nitrogen and oxygen atoms in total. The maximum absolute atomic E-state index is 13.2. The number of carbonyl (C=O) groups is 4. The number of halogens is 6. The fraction of sp³-hybridized carbons (Fsp3) is 0.529. The third-order valence-corrected chi connectivity index (χ3v) is 11.2. The Morgan fingerprint density at radius 2 is 0.917 bits per heavy atom. The van der Waals surface area contributed by atoms with E-state index in [0.717, 1.165) is 25.0 Å². The Bertz CT molecular complexity index is 1490. The third kappa shape index (κ3) is 8.85. The monoisotopic (exact) mass is 782 g/mol. The Morgan fingerprint density at radius 3 is 1.23 bits per heavy atom. The zero-order valence-electron chi connectivity index (χ0n) is 27.1. The topological polar surface area (TPSA) is 105 Å². The number of esters is 4. The number of ether oxygens (including phenoxy) is 4. The van der Waals surface area contributed by atoms with Gasteiger partial charge in [0.2, 0.25) is 0 Å². The number of benzene rings is 2. The molecule has 14 heteroatoms. The molecular weight excluding hydrogens is 749 g/mol. The van der Waals surface area contributed by atoms with Crippen molar-refractivity contribution in [1.29, 1.82) is 0 Å². The van der Waals surface area contributed by atoms with E-state index in [9.17, 15) is 19.2 Å². The molecule has 0 spiro atoms. The number of carbonyl (C=O) groups excluding carboxylic acids is 4. The highest BCUT2D eigenvalue weighted by Crippen LogP contribution is 2.51. The van der Waals surface area contributed by atoms with Crippen LogP contribution in [0, 0.1) is 47.3 Å². The maximum Gasteiger partial charge on any atom is 0.423 e. The minimum Gasteiger partial charge on any atom is -0.462 e. The minimum absolute atomic E-state index is 0.0972. The Balaban J connectivity index is 1.50. The summed E-state index contributed by atoms with van der Waals surface area (Å²) < 4.78 is 21.5. The molecule has 2 fully saturated rings. The number of hydrogen-bond donors (Lipinski definition) is 0. The summed E-state index contributed by atoms with van der Waals surface area (Å²) in [7, 11) is 0. The molecule has 48 heavy (non-hydrogen) atoms. The van der Waals surface area contributed by atoms with E-state index in [0.29, 0.717) is 35.5 Å². The second-order valence-electron chi connectivity index (χ2n) is 13.3. The summed E-state index contributed by atoms with van der Waals surface area (Å²) in [4.78, 5) is 52.5. The fourth-order valence-corrected chi connectivity index (χ4v) is 7.61. The van der Waals surface area contributed by atoms with Crippen LogP contribution in [0.25, 0.3) is 0 Å². The van der Waals surface area contributed by atoms with Crippen LogP contribution in [-0.2, 0) is 19.1 Å². The standard InChI is InChI=1S/C34H36Cl6O8/c1-13(2)7-17-15(5)19(17)11-45-31(41)25-27(39)21(35)9-23(37)29(25)47-33(43)34(44)48-30-24(38)10-22(36)28(40)26(30)32(42)46-12-20-16(6)18(20)8-14(3)4/h9-10,13-20H,7-8,11-12H2,1-6H3. The van der Waals surface area contributed by atoms with Gasteiger partial charge in [-0.1, -0.05) is 111 Å². The van der Waals surface area contributed by atoms with E-state index in [1.54, 1.807) is 0 Å². The second kappa shape index (κ2) is 15.9. The van der Waals surface area contributed by atoms with E-state index in [1.807, 2.05) is 0 Å². The van der Waals surface area contributed by atoms with E-state index in [1.165, 1.54) is 0 Å². The van der Waals surface area contributed by atoms with Crippen molar-refractivity contribution >= 4 is 93.5 Å². The van der Waals surface area contributed by atoms with Crippen LogP contribution in [0.2, 0.25) is 30.1 Å². The largest absolute Gasteiger partial charge is 0.462 e. The van der Waals surface area contributed by atoms with Crippen molar-refractivity contribution in [1.82, 2.24) is 0 Å². The zero-order chi connectivity index (χ0) is 35.8. The van der Waals surface area contributed by atoms with Crippen molar-refractivity contribution in [3.05, 3.63) is 53.4 Å². The van der Waals surface area contributed by atoms with E-state index in [2.05, 4.69) is 41.5 Å². The minimum atomic E-state index is -1.64. The van der Waals surface area contributed by atoms with Crippen molar-refractivity contribution < 1.29 is 38.1 Å². The number of hydrogen-bond acceptors (Lipinski definition) is 8. The summed E-state index contributed by atoms with van der Waals surface area (Å²) in [5.41, 5.74) is -0.906. The molecule has 6 unspecified atom stereocenters. The lowest BCUT2D eigenvalue weighted by Gasteiger charge is -2.16. The molecule has 2 aliphatic carbocycles. The molecule has 0 aromatic heterocycles. The molecule has 262 valence electrons. The average Bonchev–Trinajstić information content (AvgIpc) is 3.83. The van der Waals surface area contributed by atoms with Crippen molar-refractivity contribution in [3.63, 3.8) is 0 Å². The van der Waals surface area contributed by atoms with Gasteiger partial charge in [-0.2, -0.15) is 0 Å². The van der Waals surface area contributed by atoms with Crippen molar-refractivity contribution in [2.24, 2.45) is 47.3 Å². The SMILES string of the molecule is CC(C)CC1C(C)C1COC(=O)c1c(Cl)c(Cl)cc(Cl)c1OC(=O)C(=O)Oc1c(Cl)cc(Cl)c(Cl)c1C(=O)OCC1C(C)C1CC(C)C. The summed E-state index contributed by atoms with van der Waals surface area (Å²) in [6, 6.07) is 2.27. The second-order valence-corrected chi connectivity index (χ2v) is 15.7. The van der Waals surface area contributed by atoms with Crippen LogP contribution in [0.1, 0.15) is 75.1 Å². The molecule has 0 saturated heterocycles. The van der Waals surface area contributed by atoms with E-state index in [4.69, 9.17) is 88.6 Å². The van der Waals surface area contributed by atoms with Gasteiger partial charge in [0.15, 0.2) is 11.5 Å². The zero-order valence-corrected chi connectivity index (χ0v) is 31.7. The van der Waals surface area contributed by atoms with Gasteiger partial charge in [-0.05, 0) is 72.3 Å². The van der Waals surface area contributed by atoms with Crippen LogP contribution in [0.4, 0.5) is 0 Å². The molecular formula is C34H36Cl6O8. The van der Waals surface area contributed by atoms with Gasteiger partial charge in [-0.3, -0.25) is 0 Å². The molecule has 0 heterocycles. The third-order valence-electron chi connectivity index (χ3n) is 9.04. The Hall–Kier alpha value is -1.94. The maximum atomic E-state index is 13.2. The van der Waals surface area contributed by atoms with Gasteiger partial charge in [0.05, 0.1) is 43.3 Å². The summed E-state index contributed by atoms with van der Waals surface area (Å²) >= 11 is 37.6. The van der Waals surface area contributed by atoms with Crippen LogP contribution < -0.4 is 9.47 Å². The predicted octanol–water partition coefficient (Wildman–Crippen LogP) is 10.3. The first-order valence-electron chi connectivity index (χ1n) is 15.6. The predicted molar refractivity (Wildman–Crippen MR) is 186 cm³/mol. The van der Waals surface area contributed by atoms with Gasteiger partial charge in [-0.15, -0.1) is 0 Å². The lowest BCUT2D eigenvalue weighted by atomic mass is 10.1. The van der Waals surface area contributed by atoms with Crippen LogP contribution in [0.15, 0.2) is 12.1 Å². The highest BCUT2D eigenvalue weighted by Gasteiger charge is 2.48. The molecule has 6 atom stereocenters. The summed E-state index contributed by atoms with van der Waals surface area (Å²) in [6.45, 7) is 12.8. The van der Waals surface area contributed by atoms with E-state index >= 15 is 0 Å². The van der Waals surface area contributed by atoms with Crippen molar-refractivity contribution in [3.8, 4) is 11.5 Å². The van der Waals surface area contributed by atoms with Gasteiger partial charge >= 0.3 is 23.9 Å². The first-order chi connectivity index (χ1) is 22.4. The van der Waals surface area contributed by atoms with E-state index in [-0.39, 0.29) is 55.2 Å². The molecule has 4 rings (SSSR count). The highest BCUT2D eigenvalue weighted by atomic mass is 35.5. The molecule has 0 aliphatic heterocycles. The van der Waals surface area contributed by atoms with E-state index < -0.39 is 46.5 Å². The molecule has 2 aliphatic rings. The van der Waals surface area contributed by atoms with Gasteiger partial charge in [0, 0.05) is 0 Å². The van der Waals surface area contributed by atoms with Crippen LogP contribution >= 0.6 is 69.6 Å². The van der Waals surface area contributed by atoms with Crippen LogP contribution in [0.5, 0.6) is 11.5 Å². The normalized spacial score (nSPS) is 22.8. The molecule has 2 aromatic carbocycles. The molecule has 0 amide bonds. The number of rotatable bonds is 12. The average molecular weight is 785 g/mol. The van der Waals surface area contributed by atoms with Gasteiger partial charge < -0.3 is 18.9 Å². The van der Waals surface area contributed by atoms with Gasteiger partial charge in [-0.25, -0.2) is 19.2 Å². The lowest BCUT2D eigenvalue weighted by molar-refractivity contribution is -0.156. The van der Waals surface area contributed by atoms with Crippen molar-refractivity contribution in [2.45, 2.75) is 54.4 Å². The van der Waals surface area contributed by atoms with Crippen molar-refractivity contribution in [2.75, 3.05) is 13.2 Å². The Kier molecular flexibility index (Phi) is 12.9. The molecule has 0 bridgehead atoms. The summed E-state index contributed by atoms with van der Waals surface area (Å²) in [5, 5.41) is -1.45. The highest BCUT2D eigenvalue weighted by molar-refractivity contribution is 6.47. The summed E-state index contributed by atoms with van der Waals surface area (Å²) in [6.07, 6.45) is 1.97. The fourth-order valence-electron chi connectivity index (χ4n) is 6.17. The van der Waals surface area contributed by atoms with Crippen LogP contribution in [-0.4, -0.2) is 37.1 Å². The lowest BCUT2D eigenvalue weighted by Crippen LogP contribution is -2.27. The quantitative estimate of drug-likeness (QED) is 0.0907. The summed E-state index contributed by atoms with van der Waals surface area (Å²) in [5.74, 6) is -3.54.